The van der Waals surface area contributed by atoms with Crippen LogP contribution < -0.4 is 14.8 Å². The Morgan fingerprint density at radius 1 is 0.597 bits per heavy atom. The molecule has 0 bridgehead atoms. The van der Waals surface area contributed by atoms with Crippen LogP contribution in [0.4, 0.5) is 8.78 Å². The molecule has 2 saturated heterocycles. The lowest BCUT2D eigenvalue weighted by Crippen LogP contribution is -2.43. The molecule has 0 spiro atoms. The third kappa shape index (κ3) is 18.6. The molecule has 2 fully saturated rings. The Labute approximate surface area is 452 Å². The van der Waals surface area contributed by atoms with Crippen LogP contribution in [-0.4, -0.2) is 101 Å². The second kappa shape index (κ2) is 31.5. The number of benzene rings is 4. The van der Waals surface area contributed by atoms with Gasteiger partial charge in [-0.1, -0.05) is 99.8 Å². The molecule has 2 aromatic heterocycles. The Kier molecular flexibility index (Phi) is 25.7. The Morgan fingerprint density at radius 3 is 1.42 bits per heavy atom. The Hall–Kier alpha value is -4.17. The van der Waals surface area contributed by atoms with Crippen molar-refractivity contribution in [2.75, 3.05) is 64.4 Å². The molecule has 0 aliphatic carbocycles. The molecule has 2 aliphatic heterocycles. The van der Waals surface area contributed by atoms with Crippen LogP contribution in [0.15, 0.2) is 146 Å². The van der Waals surface area contributed by atoms with E-state index in [1.807, 2.05) is 48.8 Å². The lowest BCUT2D eigenvalue weighted by molar-refractivity contribution is 0.0979. The van der Waals surface area contributed by atoms with Crippen molar-refractivity contribution in [3.63, 3.8) is 0 Å². The normalized spacial score (nSPS) is 15.2. The average Bonchev–Trinajstić information content (AvgIpc) is 3.39. The molecule has 72 heavy (non-hydrogen) atoms. The average molecular weight is 1110 g/mol. The van der Waals surface area contributed by atoms with E-state index in [4.69, 9.17) is 37.7 Å². The number of rotatable bonds is 19. The number of likely N-dealkylation sites (tertiary alicyclic amines) is 1. The van der Waals surface area contributed by atoms with Gasteiger partial charge in [0.15, 0.2) is 23.1 Å². The Morgan fingerprint density at radius 2 is 1.01 bits per heavy atom. The van der Waals surface area contributed by atoms with Crippen molar-refractivity contribution in [2.45, 2.75) is 77.5 Å². The highest BCUT2D eigenvalue weighted by atomic mass is 79.9. The number of halogens is 6. The summed E-state index contributed by atoms with van der Waals surface area (Å²) in [5, 5.41) is 5.70. The molecule has 2 atom stereocenters. The smallest absolute Gasteiger partial charge is 0.165 e. The topological polar surface area (TPSA) is 66.0 Å². The molecule has 8 rings (SSSR count). The summed E-state index contributed by atoms with van der Waals surface area (Å²) in [6.07, 6.45) is 8.54. The van der Waals surface area contributed by atoms with E-state index in [0.717, 1.165) is 86.0 Å². The minimum Gasteiger partial charge on any atom is -0.490 e. The zero-order valence-electron chi connectivity index (χ0n) is 42.1. The summed E-state index contributed by atoms with van der Waals surface area (Å²) >= 11 is 15.5. The van der Waals surface area contributed by atoms with E-state index < -0.39 is 0 Å². The van der Waals surface area contributed by atoms with Gasteiger partial charge in [-0.15, -0.1) is 12.4 Å². The maximum atomic E-state index is 13.8. The van der Waals surface area contributed by atoms with Crippen LogP contribution in [0.5, 0.6) is 11.5 Å². The first-order valence-electron chi connectivity index (χ1n) is 25.1. The van der Waals surface area contributed by atoms with Crippen molar-refractivity contribution in [1.82, 2.24) is 30.0 Å². The molecule has 8 nitrogen and oxygen atoms in total. The fourth-order valence-corrected chi connectivity index (χ4v) is 9.68. The zero-order chi connectivity index (χ0) is 50.4. The summed E-state index contributed by atoms with van der Waals surface area (Å²) in [7, 11) is 0. The fourth-order valence-electron chi connectivity index (χ4n) is 9.27. The number of piperidine rings is 2. The molecule has 2 unspecified atom stereocenters. The third-order valence-corrected chi connectivity index (χ3v) is 13.9. The minimum atomic E-state index is -0.312. The van der Waals surface area contributed by atoms with Crippen molar-refractivity contribution < 1.29 is 18.3 Å². The van der Waals surface area contributed by atoms with E-state index in [-0.39, 0.29) is 36.1 Å². The van der Waals surface area contributed by atoms with Crippen LogP contribution >= 0.6 is 51.5 Å². The van der Waals surface area contributed by atoms with Gasteiger partial charge in [-0.25, -0.2) is 8.78 Å². The van der Waals surface area contributed by atoms with Crippen LogP contribution in [0.3, 0.4) is 0 Å². The van der Waals surface area contributed by atoms with Gasteiger partial charge < -0.3 is 14.8 Å². The van der Waals surface area contributed by atoms with Crippen molar-refractivity contribution in [3.05, 3.63) is 190 Å². The third-order valence-electron chi connectivity index (χ3n) is 13.1. The predicted molar refractivity (Wildman–Crippen MR) is 298 cm³/mol. The lowest BCUT2D eigenvalue weighted by Gasteiger charge is -2.40. The van der Waals surface area contributed by atoms with Gasteiger partial charge in [-0.3, -0.25) is 24.7 Å². The highest BCUT2D eigenvalue weighted by Crippen LogP contribution is 2.34. The van der Waals surface area contributed by atoms with Gasteiger partial charge in [0.25, 0.3) is 0 Å². The second-order valence-corrected chi connectivity index (χ2v) is 20.4. The zero-order valence-corrected chi connectivity index (χ0v) is 46.0. The number of hydrogen-bond acceptors (Lipinski definition) is 8. The molecular formula is C58H72BrCl3F2N6O2. The van der Waals surface area contributed by atoms with Crippen molar-refractivity contribution >= 4 is 51.5 Å². The summed E-state index contributed by atoms with van der Waals surface area (Å²) in [5.74, 6) is 1.38. The number of para-hydroxylation sites is 2. The molecule has 14 heteroatoms. The maximum absolute atomic E-state index is 13.8. The number of hydrogen-bond donors (Lipinski definition) is 1. The summed E-state index contributed by atoms with van der Waals surface area (Å²) in [6, 6.07) is 42.8. The van der Waals surface area contributed by atoms with E-state index in [9.17, 15) is 8.78 Å². The van der Waals surface area contributed by atoms with Crippen LogP contribution in [0.2, 0.25) is 10.0 Å². The van der Waals surface area contributed by atoms with E-state index in [1.54, 1.807) is 36.4 Å². The van der Waals surface area contributed by atoms with Crippen molar-refractivity contribution in [3.8, 4) is 11.5 Å². The first-order chi connectivity index (χ1) is 34.5. The molecule has 2 aliphatic rings. The van der Waals surface area contributed by atoms with Gasteiger partial charge in [0, 0.05) is 59.5 Å². The highest BCUT2D eigenvalue weighted by Gasteiger charge is 2.31. The molecule has 0 saturated carbocycles. The molecule has 4 aromatic carbocycles. The molecule has 6 aromatic rings. The van der Waals surface area contributed by atoms with Crippen molar-refractivity contribution in [1.29, 1.82) is 0 Å². The highest BCUT2D eigenvalue weighted by molar-refractivity contribution is 9.09. The predicted octanol–water partition coefficient (Wildman–Crippen LogP) is 14.0. The molecule has 0 radical (unpaired) electrons. The largest absolute Gasteiger partial charge is 0.490 e. The van der Waals surface area contributed by atoms with E-state index >= 15 is 0 Å². The fraction of sp³-hybridized carbons (Fsp3) is 0.414. The summed E-state index contributed by atoms with van der Waals surface area (Å²) < 4.78 is 37.3. The molecule has 4 heterocycles. The van der Waals surface area contributed by atoms with Crippen LogP contribution in [0, 0.1) is 23.5 Å². The minimum absolute atomic E-state index is 0. The van der Waals surface area contributed by atoms with Crippen LogP contribution in [-0.2, 0) is 0 Å². The van der Waals surface area contributed by atoms with Gasteiger partial charge in [-0.2, -0.15) is 0 Å². The summed E-state index contributed by atoms with van der Waals surface area (Å²) in [5.41, 5.74) is 4.63. The van der Waals surface area contributed by atoms with E-state index in [1.165, 1.54) is 36.1 Å². The van der Waals surface area contributed by atoms with Gasteiger partial charge >= 0.3 is 0 Å². The summed E-state index contributed by atoms with van der Waals surface area (Å²) in [6.45, 7) is 17.3. The number of alkyl halides is 1. The monoisotopic (exact) mass is 1110 g/mol. The molecular weight excluding hydrogens is 1040 g/mol. The first-order valence-corrected chi connectivity index (χ1v) is 27.0. The van der Waals surface area contributed by atoms with Crippen molar-refractivity contribution in [2.24, 2.45) is 11.8 Å². The van der Waals surface area contributed by atoms with Gasteiger partial charge in [0.05, 0.1) is 30.1 Å². The number of aromatic nitrogens is 2. The van der Waals surface area contributed by atoms with Crippen LogP contribution in [0.1, 0.15) is 88.0 Å². The number of nitrogens with zero attached hydrogens (tertiary/aromatic N) is 5. The SMILES string of the molecule is CC(C)N(CC1CCN(CCOc2ccccc2F)CC1)C(c1ccc(Cl)cc1)c1ccccn1.CC(C)N(CC1CCNCC1)C(c1ccc(Cl)cc1)c1ccccn1.Cl.Fc1ccccc1OCCBr. The summed E-state index contributed by atoms with van der Waals surface area (Å²) in [4.78, 5) is 17.0. The number of ether oxygens (including phenoxy) is 2. The Balaban J connectivity index is 0.000000226. The molecule has 388 valence electrons. The van der Waals surface area contributed by atoms with Gasteiger partial charge in [0.1, 0.15) is 6.61 Å². The van der Waals surface area contributed by atoms with Gasteiger partial charge in [0.2, 0.25) is 0 Å². The van der Waals surface area contributed by atoms with E-state index in [2.05, 4.69) is 117 Å². The molecule has 1 N–H and O–H groups in total. The number of nitrogens with one attached hydrogen (secondary N) is 1. The van der Waals surface area contributed by atoms with Crippen LogP contribution in [0.25, 0.3) is 0 Å². The quantitative estimate of drug-likeness (QED) is 0.0805. The molecule has 0 amide bonds. The lowest BCUT2D eigenvalue weighted by atomic mass is 9.93. The number of pyridine rings is 2. The standard InChI is InChI=1S/C29H35ClFN3O.C21H28ClN3.C8H8BrFO.ClH/c1-22(2)34(29(27-8-5-6-16-32-27)24-10-12-25(30)13-11-24)21-23-14-17-33(18-15-23)19-20-35-28-9-4-3-7-26(28)31;1-16(2)25(15-17-10-13-23-14-11-17)21(20-5-3-4-12-24-20)18-6-8-19(22)9-7-18;9-5-6-11-8-4-2-1-3-7(8)10;/h3-13,16,22-23,29H,14-15,17-21H2,1-2H3;3-9,12,16-17,21,23H,10-11,13-15H2,1-2H3;1-4H,5-6H2;1H. The Bertz CT molecular complexity index is 2400. The maximum Gasteiger partial charge on any atom is 0.165 e. The second-order valence-electron chi connectivity index (χ2n) is 18.7. The first kappa shape index (κ1) is 58.7. The van der Waals surface area contributed by atoms with Gasteiger partial charge in [-0.05, 0) is 175 Å². The van der Waals surface area contributed by atoms with E-state index in [0.29, 0.717) is 48.0 Å².